The Hall–Kier alpha value is -2.01. The summed E-state index contributed by atoms with van der Waals surface area (Å²) in [5.41, 5.74) is 4.36. The quantitative estimate of drug-likeness (QED) is 0.416. The highest BCUT2D eigenvalue weighted by atomic mass is 15.0. The zero-order chi connectivity index (χ0) is 15.8. The summed E-state index contributed by atoms with van der Waals surface area (Å²) in [6, 6.07) is 0. The van der Waals surface area contributed by atoms with Crippen molar-refractivity contribution >= 4 is 5.71 Å². The van der Waals surface area contributed by atoms with Crippen LogP contribution in [-0.4, -0.2) is 24.7 Å². The molecular weight excluding hydrogens is 256 g/mol. The van der Waals surface area contributed by atoms with Crippen LogP contribution >= 0.6 is 0 Å². The number of nitrogens with zero attached hydrogens (tertiary/aromatic N) is 2. The van der Waals surface area contributed by atoms with Crippen molar-refractivity contribution in [2.45, 2.75) is 33.6 Å². The Bertz CT molecular complexity index is 560. The van der Waals surface area contributed by atoms with E-state index in [-0.39, 0.29) is 5.92 Å². The average molecular weight is 282 g/mol. The third-order valence-corrected chi connectivity index (χ3v) is 3.21. The molecule has 0 fully saturated rings. The molecule has 0 aromatic rings. The first-order valence-corrected chi connectivity index (χ1v) is 7.43. The van der Waals surface area contributed by atoms with Crippen LogP contribution in [0.25, 0.3) is 0 Å². The molecule has 2 heteroatoms. The van der Waals surface area contributed by atoms with Crippen molar-refractivity contribution < 1.29 is 0 Å². The summed E-state index contributed by atoms with van der Waals surface area (Å²) in [5, 5.41) is 0. The van der Waals surface area contributed by atoms with Crippen molar-refractivity contribution in [3.63, 3.8) is 0 Å². The first-order valence-electron chi connectivity index (χ1n) is 7.43. The Morgan fingerprint density at radius 1 is 1.52 bits per heavy atom. The second-order valence-electron chi connectivity index (χ2n) is 5.43. The van der Waals surface area contributed by atoms with Gasteiger partial charge in [-0.1, -0.05) is 43.1 Å². The summed E-state index contributed by atoms with van der Waals surface area (Å²) in [6.07, 6.45) is 9.89. The molecule has 0 amide bonds. The van der Waals surface area contributed by atoms with Gasteiger partial charge in [0, 0.05) is 38.0 Å². The zero-order valence-electron chi connectivity index (χ0n) is 13.9. The molecule has 0 N–H and O–H groups in total. The van der Waals surface area contributed by atoms with Crippen molar-refractivity contribution in [2.24, 2.45) is 10.9 Å². The van der Waals surface area contributed by atoms with Crippen molar-refractivity contribution in [2.75, 3.05) is 14.1 Å². The lowest BCUT2D eigenvalue weighted by atomic mass is 10.0. The number of aliphatic imine (C=N–C) groups is 1. The predicted molar refractivity (Wildman–Crippen MR) is 93.1 cm³/mol. The van der Waals surface area contributed by atoms with Gasteiger partial charge in [-0.2, -0.15) is 0 Å². The van der Waals surface area contributed by atoms with E-state index in [0.29, 0.717) is 0 Å². The van der Waals surface area contributed by atoms with Gasteiger partial charge >= 0.3 is 0 Å². The van der Waals surface area contributed by atoms with E-state index < -0.39 is 0 Å². The summed E-state index contributed by atoms with van der Waals surface area (Å²) >= 11 is 0. The standard InChI is InChI=1S/C19H26N2/c1-7-17(14-21(5)6)18(8-2)20-19-13-15(3)11-9-10-12-16(19)4/h7,11,13-14,16H,1,8-9H2,2-6H3/b15-11-,17-14+,19-13+,20-18-. The largest absolute Gasteiger partial charge is 0.383 e. The molecule has 0 aromatic heterocycles. The van der Waals surface area contributed by atoms with E-state index >= 15 is 0 Å². The third-order valence-electron chi connectivity index (χ3n) is 3.21. The van der Waals surface area contributed by atoms with E-state index in [1.807, 2.05) is 25.1 Å². The van der Waals surface area contributed by atoms with Crippen molar-refractivity contribution in [1.29, 1.82) is 0 Å². The molecule has 0 saturated heterocycles. The molecule has 1 aliphatic carbocycles. The van der Waals surface area contributed by atoms with E-state index in [2.05, 4.69) is 57.5 Å². The topological polar surface area (TPSA) is 15.6 Å². The lowest BCUT2D eigenvalue weighted by Crippen LogP contribution is -2.09. The van der Waals surface area contributed by atoms with Gasteiger partial charge in [-0.3, -0.25) is 4.99 Å². The van der Waals surface area contributed by atoms with E-state index in [4.69, 9.17) is 4.99 Å². The van der Waals surface area contributed by atoms with Gasteiger partial charge < -0.3 is 4.90 Å². The van der Waals surface area contributed by atoms with Crippen LogP contribution in [0.3, 0.4) is 0 Å². The number of rotatable bonds is 5. The SMILES string of the molecule is C=CC(=C\N(C)C)/C(CC)=N\C1=C\C(C)=C/CC#CC1C. The molecule has 0 aliphatic heterocycles. The van der Waals surface area contributed by atoms with Crippen LogP contribution in [0.15, 0.2) is 52.8 Å². The van der Waals surface area contributed by atoms with Crippen LogP contribution in [0.5, 0.6) is 0 Å². The summed E-state index contributed by atoms with van der Waals surface area (Å²) in [6.45, 7) is 10.2. The van der Waals surface area contributed by atoms with E-state index in [0.717, 1.165) is 29.8 Å². The van der Waals surface area contributed by atoms with Gasteiger partial charge in [-0.05, 0) is 26.3 Å². The second kappa shape index (κ2) is 8.32. The summed E-state index contributed by atoms with van der Waals surface area (Å²) in [7, 11) is 4.01. The van der Waals surface area contributed by atoms with Crippen molar-refractivity contribution in [3.05, 3.63) is 47.9 Å². The van der Waals surface area contributed by atoms with Crippen LogP contribution in [0.4, 0.5) is 0 Å². The Labute approximate surface area is 129 Å². The van der Waals surface area contributed by atoms with Gasteiger partial charge in [-0.25, -0.2) is 0 Å². The smallest absolute Gasteiger partial charge is 0.0597 e. The molecular formula is C19H26N2. The maximum atomic E-state index is 4.88. The molecule has 0 saturated carbocycles. The molecule has 2 nitrogen and oxygen atoms in total. The molecule has 0 aromatic carbocycles. The first-order chi connectivity index (χ1) is 9.97. The van der Waals surface area contributed by atoms with E-state index in [9.17, 15) is 0 Å². The normalized spacial score (nSPS) is 24.5. The van der Waals surface area contributed by atoms with Gasteiger partial charge in [0.2, 0.25) is 0 Å². The maximum absolute atomic E-state index is 4.88. The molecule has 1 aliphatic rings. The Balaban J connectivity index is 3.25. The second-order valence-corrected chi connectivity index (χ2v) is 5.43. The number of hydrogen-bond acceptors (Lipinski definition) is 2. The molecule has 112 valence electrons. The first kappa shape index (κ1) is 17.0. The van der Waals surface area contributed by atoms with Crippen LogP contribution in [0.1, 0.15) is 33.6 Å². The average Bonchev–Trinajstić information content (AvgIpc) is 2.43. The van der Waals surface area contributed by atoms with Crippen LogP contribution < -0.4 is 0 Å². The fourth-order valence-corrected chi connectivity index (χ4v) is 2.07. The van der Waals surface area contributed by atoms with Crippen LogP contribution in [0.2, 0.25) is 0 Å². The molecule has 0 spiro atoms. The monoisotopic (exact) mass is 282 g/mol. The van der Waals surface area contributed by atoms with Gasteiger partial charge in [-0.15, -0.1) is 0 Å². The van der Waals surface area contributed by atoms with Gasteiger partial charge in [0.25, 0.3) is 0 Å². The number of hydrogen-bond donors (Lipinski definition) is 0. The summed E-state index contributed by atoms with van der Waals surface area (Å²) in [4.78, 5) is 6.90. The minimum absolute atomic E-state index is 0.153. The molecule has 1 unspecified atom stereocenters. The zero-order valence-corrected chi connectivity index (χ0v) is 13.9. The highest BCUT2D eigenvalue weighted by Gasteiger charge is 2.10. The summed E-state index contributed by atoms with van der Waals surface area (Å²) < 4.78 is 0. The minimum Gasteiger partial charge on any atom is -0.383 e. The van der Waals surface area contributed by atoms with Crippen LogP contribution in [0, 0.1) is 17.8 Å². The fourth-order valence-electron chi connectivity index (χ4n) is 2.07. The van der Waals surface area contributed by atoms with Gasteiger partial charge in [0.1, 0.15) is 0 Å². The Morgan fingerprint density at radius 2 is 2.24 bits per heavy atom. The lowest BCUT2D eigenvalue weighted by molar-refractivity contribution is 0.562. The summed E-state index contributed by atoms with van der Waals surface area (Å²) in [5.74, 6) is 6.59. The fraction of sp³-hybridized carbons (Fsp3) is 0.421. The molecule has 21 heavy (non-hydrogen) atoms. The van der Waals surface area contributed by atoms with Crippen LogP contribution in [-0.2, 0) is 0 Å². The van der Waals surface area contributed by atoms with Crippen molar-refractivity contribution in [1.82, 2.24) is 4.90 Å². The third kappa shape index (κ3) is 5.47. The highest BCUT2D eigenvalue weighted by molar-refractivity contribution is 6.02. The number of allylic oxidation sites excluding steroid dienone is 6. The van der Waals surface area contributed by atoms with E-state index in [1.165, 1.54) is 5.57 Å². The van der Waals surface area contributed by atoms with E-state index in [1.54, 1.807) is 0 Å². The predicted octanol–water partition coefficient (Wildman–Crippen LogP) is 4.34. The van der Waals surface area contributed by atoms with Gasteiger partial charge in [0.05, 0.1) is 11.6 Å². The molecule has 0 radical (unpaired) electrons. The molecule has 0 bridgehead atoms. The molecule has 1 rings (SSSR count). The maximum Gasteiger partial charge on any atom is 0.0597 e. The van der Waals surface area contributed by atoms with Gasteiger partial charge in [0.15, 0.2) is 0 Å². The Kier molecular flexibility index (Phi) is 6.75. The van der Waals surface area contributed by atoms with Crippen molar-refractivity contribution in [3.8, 4) is 11.8 Å². The molecule has 0 heterocycles. The molecule has 1 atom stereocenters. The minimum atomic E-state index is 0.153. The Morgan fingerprint density at radius 3 is 2.81 bits per heavy atom. The lowest BCUT2D eigenvalue weighted by Gasteiger charge is -2.14. The highest BCUT2D eigenvalue weighted by Crippen LogP contribution is 2.19.